The number of carbonyl (C=O) groups excluding carboxylic acids is 1. The number of rotatable bonds is 17. The van der Waals surface area contributed by atoms with Crippen LogP contribution >= 0.6 is 11.6 Å². The molecule has 2 fully saturated rings. The van der Waals surface area contributed by atoms with E-state index >= 15 is 0 Å². The Balaban J connectivity index is 0.000000303. The molecule has 0 aromatic heterocycles. The standard InChI is InChI=1S/C16H30N4O4.C15H19ClO/c1-2-3-4-5-7-16(21)17-8-10-19-13-11-18(12-14-19)9-6-15-24-20(22)23;16-14-9-5-10-15(12-14)17-11-4-3-8-13-6-1-2-7-13/h2-3H,4-15H2,1H3,(H,17,21);3,5,8-10,12-13H,1-2,4,6-7,11H2/b3-2-;8-3+. The molecule has 10 heteroatoms. The van der Waals surface area contributed by atoms with Gasteiger partial charge in [0.2, 0.25) is 5.91 Å². The van der Waals surface area contributed by atoms with Gasteiger partial charge in [0, 0.05) is 57.3 Å². The summed E-state index contributed by atoms with van der Waals surface area (Å²) in [4.78, 5) is 30.7. The maximum atomic E-state index is 11.7. The lowest BCUT2D eigenvalue weighted by atomic mass is 10.1. The van der Waals surface area contributed by atoms with Crippen molar-refractivity contribution in [2.45, 2.75) is 64.7 Å². The molecule has 0 atom stereocenters. The molecule has 1 heterocycles. The zero-order chi connectivity index (χ0) is 29.5. The first-order valence-corrected chi connectivity index (χ1v) is 15.5. The fourth-order valence-corrected chi connectivity index (χ4v) is 5.07. The summed E-state index contributed by atoms with van der Waals surface area (Å²) in [5.41, 5.74) is 0. The molecule has 3 rings (SSSR count). The highest BCUT2D eigenvalue weighted by Crippen LogP contribution is 2.25. The normalized spacial score (nSPS) is 16.5. The SMILES string of the molecule is C/C=C\CCCC(=O)NCCN1CCN(CCCO[N+](=O)[O-])CC1.Clc1cccc(OCC/C=C/C2CCCC2)c1. The van der Waals surface area contributed by atoms with Crippen LogP contribution in [0.2, 0.25) is 5.02 Å². The summed E-state index contributed by atoms with van der Waals surface area (Å²) in [5, 5.41) is 13.0. The van der Waals surface area contributed by atoms with Crippen molar-refractivity contribution in [3.63, 3.8) is 0 Å². The number of hydrogen-bond donors (Lipinski definition) is 1. The van der Waals surface area contributed by atoms with Crippen LogP contribution in [-0.2, 0) is 9.63 Å². The highest BCUT2D eigenvalue weighted by atomic mass is 35.5. The number of nitrogens with zero attached hydrogens (tertiary/aromatic N) is 3. The van der Waals surface area contributed by atoms with E-state index in [2.05, 4.69) is 38.2 Å². The van der Waals surface area contributed by atoms with Gasteiger partial charge in [-0.05, 0) is 69.6 Å². The second-order valence-electron chi connectivity index (χ2n) is 10.5. The van der Waals surface area contributed by atoms with Gasteiger partial charge in [0.1, 0.15) is 5.75 Å². The largest absolute Gasteiger partial charge is 0.493 e. The Morgan fingerprint density at radius 3 is 2.49 bits per heavy atom. The second kappa shape index (κ2) is 22.0. The zero-order valence-electron chi connectivity index (χ0n) is 24.7. The first-order valence-electron chi connectivity index (χ1n) is 15.1. The summed E-state index contributed by atoms with van der Waals surface area (Å²) in [7, 11) is 0. The van der Waals surface area contributed by atoms with E-state index in [1.165, 1.54) is 25.7 Å². The first kappa shape index (κ1) is 34.6. The van der Waals surface area contributed by atoms with Crippen LogP contribution in [0.4, 0.5) is 0 Å². The zero-order valence-corrected chi connectivity index (χ0v) is 25.4. The van der Waals surface area contributed by atoms with E-state index in [0.29, 0.717) is 19.4 Å². The minimum Gasteiger partial charge on any atom is -0.493 e. The van der Waals surface area contributed by atoms with Crippen LogP contribution in [0.25, 0.3) is 0 Å². The van der Waals surface area contributed by atoms with E-state index in [9.17, 15) is 14.9 Å². The minimum absolute atomic E-state index is 0.129. The number of ether oxygens (including phenoxy) is 1. The summed E-state index contributed by atoms with van der Waals surface area (Å²) in [6, 6.07) is 7.55. The number of halogens is 1. The predicted molar refractivity (Wildman–Crippen MR) is 165 cm³/mol. The van der Waals surface area contributed by atoms with Gasteiger partial charge in [-0.15, -0.1) is 10.1 Å². The molecule has 1 aliphatic heterocycles. The number of nitrogens with one attached hydrogen (secondary N) is 1. The lowest BCUT2D eigenvalue weighted by Crippen LogP contribution is -2.48. The summed E-state index contributed by atoms with van der Waals surface area (Å²) < 4.78 is 5.62. The number of carbonyl (C=O) groups is 1. The van der Waals surface area contributed by atoms with E-state index < -0.39 is 5.09 Å². The molecule has 0 unspecified atom stereocenters. The van der Waals surface area contributed by atoms with Crippen molar-refractivity contribution in [1.82, 2.24) is 15.1 Å². The quantitative estimate of drug-likeness (QED) is 0.104. The lowest BCUT2D eigenvalue weighted by molar-refractivity contribution is -0.757. The van der Waals surface area contributed by atoms with Gasteiger partial charge >= 0.3 is 0 Å². The Morgan fingerprint density at radius 1 is 1.07 bits per heavy atom. The van der Waals surface area contributed by atoms with Gasteiger partial charge in [0.25, 0.3) is 5.09 Å². The van der Waals surface area contributed by atoms with Crippen LogP contribution in [-0.4, -0.2) is 79.8 Å². The third-order valence-corrected chi connectivity index (χ3v) is 7.43. The average molecular weight is 593 g/mol. The third-order valence-electron chi connectivity index (χ3n) is 7.20. The van der Waals surface area contributed by atoms with Gasteiger partial charge in [-0.25, -0.2) is 0 Å². The number of allylic oxidation sites excluding steroid dienone is 3. The molecule has 2 aliphatic rings. The van der Waals surface area contributed by atoms with Crippen molar-refractivity contribution < 1.29 is 19.5 Å². The monoisotopic (exact) mass is 592 g/mol. The maximum Gasteiger partial charge on any atom is 0.294 e. The molecule has 1 saturated heterocycles. The molecule has 0 radical (unpaired) electrons. The van der Waals surface area contributed by atoms with Crippen LogP contribution in [0.1, 0.15) is 64.7 Å². The van der Waals surface area contributed by atoms with Crippen LogP contribution in [0.3, 0.4) is 0 Å². The Bertz CT molecular complexity index is 916. The van der Waals surface area contributed by atoms with Crippen molar-refractivity contribution in [3.8, 4) is 5.75 Å². The van der Waals surface area contributed by atoms with E-state index in [1.807, 2.05) is 37.3 Å². The number of hydrogen-bond acceptors (Lipinski definition) is 7. The maximum absolute atomic E-state index is 11.7. The van der Waals surface area contributed by atoms with Crippen molar-refractivity contribution in [3.05, 3.63) is 63.7 Å². The van der Waals surface area contributed by atoms with Crippen LogP contribution in [0.15, 0.2) is 48.6 Å². The Morgan fingerprint density at radius 2 is 1.80 bits per heavy atom. The topological polar surface area (TPSA) is 97.2 Å². The molecule has 0 spiro atoms. The number of unbranched alkanes of at least 4 members (excludes halogenated alkanes) is 1. The van der Waals surface area contributed by atoms with Gasteiger partial charge in [0.15, 0.2) is 0 Å². The van der Waals surface area contributed by atoms with Gasteiger partial charge in [-0.2, -0.15) is 0 Å². The Labute approximate surface area is 251 Å². The molecule has 1 aromatic carbocycles. The molecular weight excluding hydrogens is 544 g/mol. The molecule has 9 nitrogen and oxygen atoms in total. The molecular formula is C31H49ClN4O5. The van der Waals surface area contributed by atoms with Gasteiger partial charge < -0.3 is 19.8 Å². The Kier molecular flexibility index (Phi) is 18.6. The summed E-state index contributed by atoms with van der Waals surface area (Å²) in [6.45, 7) is 9.10. The molecule has 1 amide bonds. The predicted octanol–water partition coefficient (Wildman–Crippen LogP) is 5.92. The second-order valence-corrected chi connectivity index (χ2v) is 10.9. The third kappa shape index (κ3) is 17.7. The number of amides is 1. The molecule has 41 heavy (non-hydrogen) atoms. The fourth-order valence-electron chi connectivity index (χ4n) is 4.89. The van der Waals surface area contributed by atoms with Crippen molar-refractivity contribution in [2.75, 3.05) is 59.0 Å². The molecule has 230 valence electrons. The van der Waals surface area contributed by atoms with Gasteiger partial charge in [-0.1, -0.05) is 54.8 Å². The van der Waals surface area contributed by atoms with Crippen molar-refractivity contribution in [2.24, 2.45) is 5.92 Å². The lowest BCUT2D eigenvalue weighted by Gasteiger charge is -2.34. The highest BCUT2D eigenvalue weighted by Gasteiger charge is 2.16. The van der Waals surface area contributed by atoms with Crippen molar-refractivity contribution in [1.29, 1.82) is 0 Å². The van der Waals surface area contributed by atoms with E-state index in [0.717, 1.165) is 81.8 Å². The molecule has 1 N–H and O–H groups in total. The molecule has 1 aromatic rings. The van der Waals surface area contributed by atoms with E-state index in [1.54, 1.807) is 0 Å². The molecule has 1 aliphatic carbocycles. The summed E-state index contributed by atoms with van der Waals surface area (Å²) in [5.74, 6) is 1.80. The average Bonchev–Trinajstić information content (AvgIpc) is 3.48. The summed E-state index contributed by atoms with van der Waals surface area (Å²) in [6.07, 6.45) is 18.3. The number of benzene rings is 1. The smallest absolute Gasteiger partial charge is 0.294 e. The van der Waals surface area contributed by atoms with Gasteiger partial charge in [0.05, 0.1) is 13.2 Å². The van der Waals surface area contributed by atoms with Crippen molar-refractivity contribution >= 4 is 17.5 Å². The number of piperazine rings is 1. The van der Waals surface area contributed by atoms with Crippen LogP contribution in [0.5, 0.6) is 5.75 Å². The minimum atomic E-state index is -0.743. The Hall–Kier alpha value is -2.62. The molecule has 1 saturated carbocycles. The fraction of sp³-hybridized carbons (Fsp3) is 0.645. The van der Waals surface area contributed by atoms with Crippen LogP contribution < -0.4 is 10.1 Å². The highest BCUT2D eigenvalue weighted by molar-refractivity contribution is 6.30. The van der Waals surface area contributed by atoms with Crippen LogP contribution in [0, 0.1) is 16.0 Å². The summed E-state index contributed by atoms with van der Waals surface area (Å²) >= 11 is 5.88. The van der Waals surface area contributed by atoms with E-state index in [4.69, 9.17) is 16.3 Å². The van der Waals surface area contributed by atoms with Gasteiger partial charge in [-0.3, -0.25) is 9.69 Å². The molecule has 0 bridgehead atoms. The van der Waals surface area contributed by atoms with E-state index in [-0.39, 0.29) is 12.5 Å². The first-order chi connectivity index (χ1) is 20.0.